The van der Waals surface area contributed by atoms with Crippen molar-refractivity contribution in [3.63, 3.8) is 0 Å². The second-order valence-electron chi connectivity index (χ2n) is 6.18. The minimum absolute atomic E-state index is 0.202. The number of benzene rings is 2. The molecule has 1 N–H and O–H groups in total. The van der Waals surface area contributed by atoms with Gasteiger partial charge in [0.1, 0.15) is 6.54 Å². The fourth-order valence-corrected chi connectivity index (χ4v) is 3.59. The van der Waals surface area contributed by atoms with Gasteiger partial charge in [-0.1, -0.05) is 24.3 Å². The summed E-state index contributed by atoms with van der Waals surface area (Å²) in [6.45, 7) is -1.02. The van der Waals surface area contributed by atoms with Crippen molar-refractivity contribution in [1.29, 1.82) is 0 Å². The lowest BCUT2D eigenvalue weighted by Gasteiger charge is -2.30. The van der Waals surface area contributed by atoms with Gasteiger partial charge in [0.05, 0.1) is 10.5 Å². The van der Waals surface area contributed by atoms with Crippen LogP contribution in [0.2, 0.25) is 0 Å². The Morgan fingerprint density at radius 3 is 2.10 bits per heavy atom. The number of hydrazine groups is 1. The highest BCUT2D eigenvalue weighted by Gasteiger charge is 2.38. The Kier molecular flexibility index (Phi) is 7.21. The van der Waals surface area contributed by atoms with E-state index in [1.807, 2.05) is 0 Å². The topological polar surface area (TPSA) is 69.7 Å². The van der Waals surface area contributed by atoms with E-state index >= 15 is 0 Å². The minimum atomic E-state index is -5.00. The van der Waals surface area contributed by atoms with Gasteiger partial charge in [-0.2, -0.15) is 26.3 Å². The number of amides is 2. The predicted octanol–water partition coefficient (Wildman–Crippen LogP) is 4.41. The molecule has 2 aromatic carbocycles. The van der Waals surface area contributed by atoms with Crippen molar-refractivity contribution in [2.75, 3.05) is 18.0 Å². The standard InChI is InChI=1S/C18H17F6N3O3S/c1-2-26(14-8-6-7-13(11-14)18(22,23)24)16(28)27(12-17(19,20)21)25-31(29,30)15-9-4-3-5-10-15/h3-11,25H,2,12H2,1H3. The van der Waals surface area contributed by atoms with Gasteiger partial charge in [-0.25, -0.2) is 18.2 Å². The molecule has 0 bridgehead atoms. The van der Waals surface area contributed by atoms with Crippen LogP contribution in [-0.4, -0.2) is 38.7 Å². The number of urea groups is 1. The zero-order valence-corrected chi connectivity index (χ0v) is 16.7. The van der Waals surface area contributed by atoms with Crippen LogP contribution in [-0.2, 0) is 16.2 Å². The van der Waals surface area contributed by atoms with E-state index in [4.69, 9.17) is 0 Å². The molecule has 0 fully saturated rings. The number of nitrogens with one attached hydrogen (secondary N) is 1. The van der Waals surface area contributed by atoms with Crippen molar-refractivity contribution in [3.8, 4) is 0 Å². The average Bonchev–Trinajstić information content (AvgIpc) is 2.67. The molecule has 0 unspecified atom stereocenters. The first-order chi connectivity index (χ1) is 14.2. The second-order valence-corrected chi connectivity index (χ2v) is 7.84. The number of hydrogen-bond acceptors (Lipinski definition) is 3. The Balaban J connectivity index is 2.42. The van der Waals surface area contributed by atoms with Gasteiger partial charge in [0.15, 0.2) is 0 Å². The fourth-order valence-electron chi connectivity index (χ4n) is 2.54. The number of halogens is 6. The van der Waals surface area contributed by atoms with E-state index in [1.165, 1.54) is 25.1 Å². The number of hydrogen-bond donors (Lipinski definition) is 1. The van der Waals surface area contributed by atoms with Crippen LogP contribution in [0.4, 0.5) is 36.8 Å². The molecule has 0 aliphatic carbocycles. The molecular formula is C18H17F6N3O3S. The van der Waals surface area contributed by atoms with E-state index < -0.39 is 45.4 Å². The summed E-state index contributed by atoms with van der Waals surface area (Å²) in [5.74, 6) is 0. The lowest BCUT2D eigenvalue weighted by molar-refractivity contribution is -0.142. The molecule has 13 heteroatoms. The number of carbonyl (C=O) groups is 1. The third-order valence-electron chi connectivity index (χ3n) is 3.88. The summed E-state index contributed by atoms with van der Waals surface area (Å²) in [4.78, 5) is 14.5. The zero-order valence-electron chi connectivity index (χ0n) is 15.9. The monoisotopic (exact) mass is 469 g/mol. The number of anilines is 1. The SMILES string of the molecule is CCN(C(=O)N(CC(F)(F)F)NS(=O)(=O)c1ccccc1)c1cccc(C(F)(F)F)c1. The van der Waals surface area contributed by atoms with E-state index in [9.17, 15) is 39.6 Å². The van der Waals surface area contributed by atoms with Crippen LogP contribution >= 0.6 is 0 Å². The van der Waals surface area contributed by atoms with Gasteiger partial charge in [-0.05, 0) is 37.3 Å². The summed E-state index contributed by atoms with van der Waals surface area (Å²) in [5.41, 5.74) is -1.48. The molecule has 0 aromatic heterocycles. The van der Waals surface area contributed by atoms with Gasteiger partial charge in [0, 0.05) is 12.2 Å². The lowest BCUT2D eigenvalue weighted by Crippen LogP contribution is -2.55. The Morgan fingerprint density at radius 1 is 0.968 bits per heavy atom. The van der Waals surface area contributed by atoms with Crippen molar-refractivity contribution in [3.05, 3.63) is 60.2 Å². The van der Waals surface area contributed by atoms with Gasteiger partial charge in [0.25, 0.3) is 10.0 Å². The average molecular weight is 469 g/mol. The number of alkyl halides is 6. The van der Waals surface area contributed by atoms with E-state index in [1.54, 1.807) is 4.83 Å². The van der Waals surface area contributed by atoms with Crippen LogP contribution in [0.3, 0.4) is 0 Å². The zero-order chi connectivity index (χ0) is 23.4. The van der Waals surface area contributed by atoms with Crippen molar-refractivity contribution in [2.45, 2.75) is 24.2 Å². The summed E-state index contributed by atoms with van der Waals surface area (Å²) in [5, 5.41) is -0.202. The fraction of sp³-hybridized carbons (Fsp3) is 0.278. The Labute approximate surface area is 174 Å². The molecule has 2 rings (SSSR count). The van der Waals surface area contributed by atoms with Crippen LogP contribution < -0.4 is 9.73 Å². The van der Waals surface area contributed by atoms with Crippen LogP contribution in [0.5, 0.6) is 0 Å². The number of sulfonamides is 1. The normalized spacial score (nSPS) is 12.5. The van der Waals surface area contributed by atoms with Gasteiger partial charge in [0.2, 0.25) is 0 Å². The molecule has 6 nitrogen and oxygen atoms in total. The maximum Gasteiger partial charge on any atom is 0.416 e. The largest absolute Gasteiger partial charge is 0.416 e. The minimum Gasteiger partial charge on any atom is -0.293 e. The first-order valence-electron chi connectivity index (χ1n) is 8.65. The summed E-state index contributed by atoms with van der Waals surface area (Å²) in [6, 6.07) is 8.21. The summed E-state index contributed by atoms with van der Waals surface area (Å²) >= 11 is 0. The Hall–Kier alpha value is -2.80. The van der Waals surface area contributed by atoms with Crippen molar-refractivity contribution in [1.82, 2.24) is 9.84 Å². The van der Waals surface area contributed by atoms with E-state index in [2.05, 4.69) is 0 Å². The maximum absolute atomic E-state index is 13.0. The molecule has 0 aliphatic rings. The number of nitrogens with zero attached hydrogens (tertiary/aromatic N) is 2. The van der Waals surface area contributed by atoms with Crippen molar-refractivity contribution < 1.29 is 39.6 Å². The highest BCUT2D eigenvalue weighted by atomic mass is 32.2. The van der Waals surface area contributed by atoms with Gasteiger partial charge < -0.3 is 0 Å². The van der Waals surface area contributed by atoms with Crippen LogP contribution in [0.25, 0.3) is 0 Å². The highest BCUT2D eigenvalue weighted by Crippen LogP contribution is 2.32. The van der Waals surface area contributed by atoms with Crippen LogP contribution in [0.15, 0.2) is 59.5 Å². The Bertz CT molecular complexity index is 1010. The smallest absolute Gasteiger partial charge is 0.293 e. The van der Waals surface area contributed by atoms with E-state index in [0.29, 0.717) is 11.0 Å². The van der Waals surface area contributed by atoms with Crippen molar-refractivity contribution >= 4 is 21.7 Å². The molecule has 170 valence electrons. The van der Waals surface area contributed by atoms with Crippen LogP contribution in [0, 0.1) is 0 Å². The molecule has 0 heterocycles. The van der Waals surface area contributed by atoms with E-state index in [-0.39, 0.29) is 17.2 Å². The molecule has 0 radical (unpaired) electrons. The molecule has 0 aliphatic heterocycles. The van der Waals surface area contributed by atoms with E-state index in [0.717, 1.165) is 30.3 Å². The number of carbonyl (C=O) groups excluding carboxylic acids is 1. The quantitative estimate of drug-likeness (QED) is 0.504. The highest BCUT2D eigenvalue weighted by molar-refractivity contribution is 7.89. The van der Waals surface area contributed by atoms with Gasteiger partial charge >= 0.3 is 18.4 Å². The number of rotatable bonds is 6. The van der Waals surface area contributed by atoms with Gasteiger partial charge in [-0.15, -0.1) is 4.83 Å². The molecule has 2 amide bonds. The maximum atomic E-state index is 13.0. The second kappa shape index (κ2) is 9.14. The predicted molar refractivity (Wildman–Crippen MR) is 99.4 cm³/mol. The summed E-state index contributed by atoms with van der Waals surface area (Å²) in [7, 11) is -4.58. The first kappa shape index (κ1) is 24.5. The molecular weight excluding hydrogens is 452 g/mol. The Morgan fingerprint density at radius 2 is 1.58 bits per heavy atom. The third-order valence-corrected chi connectivity index (χ3v) is 5.24. The molecule has 0 atom stereocenters. The van der Waals surface area contributed by atoms with Gasteiger partial charge in [-0.3, -0.25) is 4.90 Å². The van der Waals surface area contributed by atoms with Crippen molar-refractivity contribution in [2.24, 2.45) is 0 Å². The van der Waals surface area contributed by atoms with Crippen LogP contribution in [0.1, 0.15) is 12.5 Å². The lowest BCUT2D eigenvalue weighted by atomic mass is 10.2. The molecule has 0 saturated heterocycles. The summed E-state index contributed by atoms with van der Waals surface area (Å²) in [6.07, 6.45) is -9.75. The molecule has 2 aromatic rings. The third kappa shape index (κ3) is 6.59. The molecule has 0 saturated carbocycles. The summed E-state index contributed by atoms with van der Waals surface area (Å²) < 4.78 is 103. The molecule has 31 heavy (non-hydrogen) atoms. The molecule has 0 spiro atoms. The first-order valence-corrected chi connectivity index (χ1v) is 10.1.